The largest absolute Gasteiger partial charge is 0.395 e. The van der Waals surface area contributed by atoms with E-state index < -0.39 is 5.41 Å². The van der Waals surface area contributed by atoms with Gasteiger partial charge in [-0.05, 0) is 25.2 Å². The number of rotatable bonds is 4. The van der Waals surface area contributed by atoms with Crippen LogP contribution >= 0.6 is 0 Å². The Hall–Kier alpha value is -0.900. The van der Waals surface area contributed by atoms with E-state index in [1.165, 1.54) is 0 Å². The molecule has 4 nitrogen and oxygen atoms in total. The normalized spacial score (nSPS) is 35.7. The number of likely N-dealkylation sites (N-methyl/N-ethyl adjacent to an activating group) is 1. The second-order valence-electron chi connectivity index (χ2n) is 6.75. The first kappa shape index (κ1) is 14.5. The molecule has 2 atom stereocenters. The minimum absolute atomic E-state index is 0.0265. The van der Waals surface area contributed by atoms with Gasteiger partial charge in [-0.1, -0.05) is 20.8 Å². The van der Waals surface area contributed by atoms with Crippen molar-refractivity contribution in [3.63, 3.8) is 0 Å². The highest BCUT2D eigenvalue weighted by atomic mass is 16.3. The fourth-order valence-electron chi connectivity index (χ4n) is 4.16. The van der Waals surface area contributed by atoms with E-state index in [4.69, 9.17) is 5.11 Å². The number of amides is 1. The van der Waals surface area contributed by atoms with E-state index in [0.29, 0.717) is 19.5 Å². The molecule has 2 fully saturated rings. The van der Waals surface area contributed by atoms with Gasteiger partial charge in [-0.2, -0.15) is 0 Å². The second-order valence-corrected chi connectivity index (χ2v) is 6.75. The number of aliphatic hydroxyl groups is 1. The molecular weight excluding hydrogens is 242 g/mol. The van der Waals surface area contributed by atoms with Gasteiger partial charge in [0.25, 0.3) is 0 Å². The van der Waals surface area contributed by atoms with E-state index in [-0.39, 0.29) is 29.1 Å². The van der Waals surface area contributed by atoms with Gasteiger partial charge in [0.15, 0.2) is 0 Å². The number of hydrogen-bond donors (Lipinski definition) is 1. The highest BCUT2D eigenvalue weighted by molar-refractivity contribution is 5.99. The Balaban J connectivity index is 2.39. The summed E-state index contributed by atoms with van der Waals surface area (Å²) in [5.74, 6) is 0.292. The van der Waals surface area contributed by atoms with Gasteiger partial charge in [0.1, 0.15) is 5.78 Å². The van der Waals surface area contributed by atoms with Crippen molar-refractivity contribution in [2.24, 2.45) is 16.2 Å². The van der Waals surface area contributed by atoms with Crippen molar-refractivity contribution in [1.82, 2.24) is 4.90 Å². The molecular formula is C15H25NO3. The molecule has 2 aliphatic rings. The Morgan fingerprint density at radius 3 is 2.32 bits per heavy atom. The van der Waals surface area contributed by atoms with E-state index >= 15 is 0 Å². The summed E-state index contributed by atoms with van der Waals surface area (Å²) < 4.78 is 0. The maximum Gasteiger partial charge on any atom is 0.229 e. The third-order valence-electron chi connectivity index (χ3n) is 6.15. The summed E-state index contributed by atoms with van der Waals surface area (Å²) >= 11 is 0. The minimum Gasteiger partial charge on any atom is -0.395 e. The predicted molar refractivity (Wildman–Crippen MR) is 72.5 cm³/mol. The van der Waals surface area contributed by atoms with Gasteiger partial charge in [-0.15, -0.1) is 0 Å². The summed E-state index contributed by atoms with van der Waals surface area (Å²) in [7, 11) is 0. The third-order valence-corrected chi connectivity index (χ3v) is 6.15. The van der Waals surface area contributed by atoms with Crippen molar-refractivity contribution >= 4 is 11.7 Å². The standard InChI is InChI=1S/C15H25NO3/c1-5-16(8-9-17)12(19)15-7-6-14(4,11(18)10-15)13(15,2)3/h17H,5-10H2,1-4H3/t14-,15-/m0/s1. The summed E-state index contributed by atoms with van der Waals surface area (Å²) in [5.41, 5.74) is -1.21. The van der Waals surface area contributed by atoms with Crippen LogP contribution in [-0.4, -0.2) is 41.4 Å². The highest BCUT2D eigenvalue weighted by Gasteiger charge is 2.72. The Bertz CT molecular complexity index is 418. The fraction of sp³-hybridized carbons (Fsp3) is 0.867. The lowest BCUT2D eigenvalue weighted by molar-refractivity contribution is -0.148. The molecule has 0 unspecified atom stereocenters. The Labute approximate surface area is 115 Å². The van der Waals surface area contributed by atoms with Crippen LogP contribution in [0.4, 0.5) is 0 Å². The topological polar surface area (TPSA) is 57.6 Å². The molecule has 0 heterocycles. The van der Waals surface area contributed by atoms with Gasteiger partial charge in [0, 0.05) is 24.9 Å². The van der Waals surface area contributed by atoms with Crippen LogP contribution in [0.5, 0.6) is 0 Å². The van der Waals surface area contributed by atoms with Crippen molar-refractivity contribution in [2.75, 3.05) is 19.7 Å². The monoisotopic (exact) mass is 267 g/mol. The summed E-state index contributed by atoms with van der Waals surface area (Å²) in [6.45, 7) is 8.98. The van der Waals surface area contributed by atoms with Crippen LogP contribution in [0.2, 0.25) is 0 Å². The lowest BCUT2D eigenvalue weighted by Gasteiger charge is -2.41. The summed E-state index contributed by atoms with van der Waals surface area (Å²) in [6, 6.07) is 0. The van der Waals surface area contributed by atoms with Crippen LogP contribution in [0.3, 0.4) is 0 Å². The zero-order valence-electron chi connectivity index (χ0n) is 12.5. The number of carbonyl (C=O) groups excluding carboxylic acids is 2. The maximum atomic E-state index is 12.9. The van der Waals surface area contributed by atoms with Gasteiger partial charge in [-0.3, -0.25) is 9.59 Å². The van der Waals surface area contributed by atoms with Crippen molar-refractivity contribution in [3.05, 3.63) is 0 Å². The molecule has 0 aromatic heterocycles. The van der Waals surface area contributed by atoms with Crippen molar-refractivity contribution < 1.29 is 14.7 Å². The van der Waals surface area contributed by atoms with Crippen molar-refractivity contribution in [3.8, 4) is 0 Å². The first-order valence-electron chi connectivity index (χ1n) is 7.20. The molecule has 2 saturated carbocycles. The molecule has 0 aromatic rings. The van der Waals surface area contributed by atoms with Crippen LogP contribution in [0, 0.1) is 16.2 Å². The van der Waals surface area contributed by atoms with E-state index in [9.17, 15) is 9.59 Å². The molecule has 2 bridgehead atoms. The summed E-state index contributed by atoms with van der Waals surface area (Å²) in [4.78, 5) is 26.9. The fourth-order valence-corrected chi connectivity index (χ4v) is 4.16. The number of fused-ring (bicyclic) bond motifs is 2. The van der Waals surface area contributed by atoms with E-state index in [0.717, 1.165) is 12.8 Å². The molecule has 0 aliphatic heterocycles. The number of carbonyl (C=O) groups is 2. The zero-order valence-corrected chi connectivity index (χ0v) is 12.5. The highest BCUT2D eigenvalue weighted by Crippen LogP contribution is 2.70. The summed E-state index contributed by atoms with van der Waals surface area (Å²) in [5, 5.41) is 9.10. The third kappa shape index (κ3) is 1.55. The SMILES string of the molecule is CCN(CCO)C(=O)[C@]12CC[C@@](C)(C(=O)C1)C2(C)C. The van der Waals surface area contributed by atoms with E-state index in [2.05, 4.69) is 13.8 Å². The Kier molecular flexibility index (Phi) is 3.28. The molecule has 1 N–H and O–H groups in total. The van der Waals surface area contributed by atoms with Gasteiger partial charge < -0.3 is 10.0 Å². The molecule has 0 saturated heterocycles. The average Bonchev–Trinajstić information content (AvgIpc) is 2.65. The van der Waals surface area contributed by atoms with Gasteiger partial charge in [-0.25, -0.2) is 0 Å². The van der Waals surface area contributed by atoms with Gasteiger partial charge in [0.05, 0.1) is 12.0 Å². The number of nitrogens with zero attached hydrogens (tertiary/aromatic N) is 1. The van der Waals surface area contributed by atoms with Gasteiger partial charge in [0.2, 0.25) is 5.91 Å². The van der Waals surface area contributed by atoms with Crippen LogP contribution in [0.25, 0.3) is 0 Å². The van der Waals surface area contributed by atoms with E-state index in [1.54, 1.807) is 4.90 Å². The molecule has 2 rings (SSSR count). The number of hydrogen-bond acceptors (Lipinski definition) is 3. The Morgan fingerprint density at radius 1 is 1.32 bits per heavy atom. The van der Waals surface area contributed by atoms with Crippen LogP contribution < -0.4 is 0 Å². The van der Waals surface area contributed by atoms with Crippen LogP contribution in [0.15, 0.2) is 0 Å². The lowest BCUT2D eigenvalue weighted by Crippen LogP contribution is -2.49. The number of Topliss-reactive ketones (excluding diaryl/α,β-unsaturated/α-hetero) is 1. The maximum absolute atomic E-state index is 12.9. The first-order valence-corrected chi connectivity index (χ1v) is 7.20. The Morgan fingerprint density at radius 2 is 1.95 bits per heavy atom. The molecule has 0 radical (unpaired) electrons. The average molecular weight is 267 g/mol. The van der Waals surface area contributed by atoms with Crippen LogP contribution in [0.1, 0.15) is 47.0 Å². The number of aliphatic hydroxyl groups excluding tert-OH is 1. The lowest BCUT2D eigenvalue weighted by atomic mass is 9.64. The number of ketones is 1. The van der Waals surface area contributed by atoms with Crippen molar-refractivity contribution in [1.29, 1.82) is 0 Å². The molecule has 1 amide bonds. The van der Waals surface area contributed by atoms with Crippen LogP contribution in [-0.2, 0) is 9.59 Å². The summed E-state index contributed by atoms with van der Waals surface area (Å²) in [6.07, 6.45) is 1.97. The zero-order chi connectivity index (χ0) is 14.5. The molecule has 108 valence electrons. The molecule has 2 aliphatic carbocycles. The van der Waals surface area contributed by atoms with E-state index in [1.807, 2.05) is 13.8 Å². The van der Waals surface area contributed by atoms with Crippen molar-refractivity contribution in [2.45, 2.75) is 47.0 Å². The minimum atomic E-state index is -0.552. The molecule has 4 heteroatoms. The molecule has 0 aromatic carbocycles. The predicted octanol–water partition coefficient (Wildman–Crippen LogP) is 1.61. The molecule has 19 heavy (non-hydrogen) atoms. The smallest absolute Gasteiger partial charge is 0.229 e. The van der Waals surface area contributed by atoms with Gasteiger partial charge >= 0.3 is 0 Å². The second kappa shape index (κ2) is 4.30. The first-order chi connectivity index (χ1) is 8.77. The molecule has 0 spiro atoms. The quantitative estimate of drug-likeness (QED) is 0.842.